The minimum absolute atomic E-state index is 0.102. The fourth-order valence-electron chi connectivity index (χ4n) is 2.69. The summed E-state index contributed by atoms with van der Waals surface area (Å²) >= 11 is 0. The van der Waals surface area contributed by atoms with Gasteiger partial charge >= 0.3 is 5.63 Å². The number of nitrogens with zero attached hydrogens (tertiary/aromatic N) is 2. The van der Waals surface area contributed by atoms with E-state index in [1.165, 1.54) is 0 Å². The summed E-state index contributed by atoms with van der Waals surface area (Å²) in [6.45, 7) is 7.15. The first-order valence-electron chi connectivity index (χ1n) is 8.41. The second-order valence-electron chi connectivity index (χ2n) is 6.09. The van der Waals surface area contributed by atoms with Crippen LogP contribution in [0, 0.1) is 6.92 Å². The number of carbonyl (C=O) groups is 1. The maximum Gasteiger partial charge on any atom is 0.349 e. The fourth-order valence-corrected chi connectivity index (χ4v) is 2.69. The fraction of sp³-hybridized carbons (Fsp3) is 0.500. The van der Waals surface area contributed by atoms with Crippen molar-refractivity contribution < 1.29 is 9.21 Å². The molecule has 2 aromatic rings. The van der Waals surface area contributed by atoms with Crippen LogP contribution in [0.5, 0.6) is 0 Å². The summed E-state index contributed by atoms with van der Waals surface area (Å²) in [4.78, 5) is 28.4. The van der Waals surface area contributed by atoms with Crippen LogP contribution in [0.15, 0.2) is 34.0 Å². The van der Waals surface area contributed by atoms with Crippen LogP contribution in [0.25, 0.3) is 0 Å². The number of hydrogen-bond acceptors (Lipinski definition) is 4. The van der Waals surface area contributed by atoms with E-state index in [1.54, 1.807) is 19.4 Å². The van der Waals surface area contributed by atoms with Gasteiger partial charge in [0, 0.05) is 31.4 Å². The van der Waals surface area contributed by atoms with Crippen molar-refractivity contribution in [3.05, 3.63) is 52.1 Å². The Morgan fingerprint density at radius 2 is 2.25 bits per heavy atom. The van der Waals surface area contributed by atoms with Crippen LogP contribution in [-0.2, 0) is 6.54 Å². The molecular weight excluding hydrogens is 306 g/mol. The van der Waals surface area contributed by atoms with Crippen LogP contribution in [0.1, 0.15) is 60.7 Å². The van der Waals surface area contributed by atoms with Crippen LogP contribution < -0.4 is 10.9 Å². The van der Waals surface area contributed by atoms with Crippen LogP contribution in [0.3, 0.4) is 0 Å². The van der Waals surface area contributed by atoms with E-state index in [-0.39, 0.29) is 17.4 Å². The average Bonchev–Trinajstić information content (AvgIpc) is 3.04. The summed E-state index contributed by atoms with van der Waals surface area (Å²) in [5.41, 5.74) is 0.210. The lowest BCUT2D eigenvalue weighted by Gasteiger charge is -2.12. The monoisotopic (exact) mass is 331 g/mol. The minimum atomic E-state index is -0.555. The molecule has 1 amide bonds. The number of nitrogens with one attached hydrogen (secondary N) is 1. The Morgan fingerprint density at radius 3 is 2.88 bits per heavy atom. The first-order chi connectivity index (χ1) is 11.5. The average molecular weight is 331 g/mol. The molecule has 1 unspecified atom stereocenters. The normalized spacial score (nSPS) is 12.1. The Bertz CT molecular complexity index is 720. The van der Waals surface area contributed by atoms with Crippen LogP contribution in [0.4, 0.5) is 0 Å². The number of imidazole rings is 1. The highest BCUT2D eigenvalue weighted by Gasteiger charge is 2.18. The molecule has 0 aromatic carbocycles. The summed E-state index contributed by atoms with van der Waals surface area (Å²) in [5.74, 6) is 0.450. The van der Waals surface area contributed by atoms with E-state index < -0.39 is 5.63 Å². The standard InChI is InChI=1S/C18H25N3O3/c1-4-6-13(2)15-11-14(3)16(18(23)24-15)17(22)20-7-5-9-21-10-8-19-12-21/h8,10-13H,4-7,9H2,1-3H3,(H,20,22). The van der Waals surface area contributed by atoms with E-state index in [4.69, 9.17) is 4.42 Å². The number of hydrogen-bond donors (Lipinski definition) is 1. The number of amides is 1. The number of carbonyl (C=O) groups excluding carboxylic acids is 1. The number of aromatic nitrogens is 2. The third kappa shape index (κ3) is 4.57. The van der Waals surface area contributed by atoms with Crippen molar-refractivity contribution in [1.29, 1.82) is 0 Å². The smallest absolute Gasteiger partial charge is 0.349 e. The molecule has 6 nitrogen and oxygen atoms in total. The Morgan fingerprint density at radius 1 is 1.46 bits per heavy atom. The molecule has 0 aliphatic heterocycles. The second kappa shape index (κ2) is 8.47. The van der Waals surface area contributed by atoms with E-state index in [2.05, 4.69) is 17.2 Å². The third-order valence-electron chi connectivity index (χ3n) is 4.04. The Hall–Kier alpha value is -2.37. The first kappa shape index (κ1) is 18.0. The van der Waals surface area contributed by atoms with Crippen LogP contribution >= 0.6 is 0 Å². The highest BCUT2D eigenvalue weighted by molar-refractivity contribution is 5.95. The highest BCUT2D eigenvalue weighted by atomic mass is 16.4. The maximum absolute atomic E-state index is 12.3. The van der Waals surface area contributed by atoms with E-state index in [0.717, 1.165) is 25.8 Å². The summed E-state index contributed by atoms with van der Waals surface area (Å²) in [6.07, 6.45) is 8.05. The van der Waals surface area contributed by atoms with E-state index in [0.29, 0.717) is 17.9 Å². The van der Waals surface area contributed by atoms with Gasteiger partial charge in [-0.05, 0) is 31.4 Å². The third-order valence-corrected chi connectivity index (χ3v) is 4.04. The molecule has 0 radical (unpaired) electrons. The lowest BCUT2D eigenvalue weighted by atomic mass is 10.0. The van der Waals surface area contributed by atoms with Gasteiger partial charge in [-0.2, -0.15) is 0 Å². The minimum Gasteiger partial charge on any atom is -0.427 e. The van der Waals surface area contributed by atoms with E-state index in [9.17, 15) is 9.59 Å². The van der Waals surface area contributed by atoms with Crippen molar-refractivity contribution in [2.24, 2.45) is 0 Å². The zero-order chi connectivity index (χ0) is 17.5. The molecule has 0 bridgehead atoms. The molecule has 0 saturated carbocycles. The Kier molecular flexibility index (Phi) is 6.35. The van der Waals surface area contributed by atoms with E-state index in [1.807, 2.05) is 23.8 Å². The molecule has 0 fully saturated rings. The zero-order valence-electron chi connectivity index (χ0n) is 14.5. The SMILES string of the molecule is CCCC(C)c1cc(C)c(C(=O)NCCCn2ccnc2)c(=O)o1. The van der Waals surface area contributed by atoms with Gasteiger partial charge in [-0.15, -0.1) is 0 Å². The van der Waals surface area contributed by atoms with Crippen LogP contribution in [-0.4, -0.2) is 22.0 Å². The van der Waals surface area contributed by atoms with Gasteiger partial charge in [0.1, 0.15) is 11.3 Å². The molecule has 2 aromatic heterocycles. The molecule has 1 atom stereocenters. The number of aryl methyl sites for hydroxylation is 2. The second-order valence-corrected chi connectivity index (χ2v) is 6.09. The van der Waals surface area contributed by atoms with Gasteiger partial charge < -0.3 is 14.3 Å². The molecule has 2 rings (SSSR count). The van der Waals surface area contributed by atoms with Crippen LogP contribution in [0.2, 0.25) is 0 Å². The van der Waals surface area contributed by atoms with E-state index >= 15 is 0 Å². The first-order valence-corrected chi connectivity index (χ1v) is 8.41. The molecule has 24 heavy (non-hydrogen) atoms. The van der Waals surface area contributed by atoms with Gasteiger partial charge in [-0.1, -0.05) is 20.3 Å². The summed E-state index contributed by atoms with van der Waals surface area (Å²) < 4.78 is 7.30. The van der Waals surface area contributed by atoms with Gasteiger partial charge in [0.2, 0.25) is 0 Å². The zero-order valence-corrected chi connectivity index (χ0v) is 14.5. The number of rotatable bonds is 8. The predicted molar refractivity (Wildman–Crippen MR) is 92.2 cm³/mol. The van der Waals surface area contributed by atoms with Crippen molar-refractivity contribution in [3.8, 4) is 0 Å². The van der Waals surface area contributed by atoms with Gasteiger partial charge in [0.15, 0.2) is 0 Å². The van der Waals surface area contributed by atoms with Gasteiger partial charge in [0.25, 0.3) is 5.91 Å². The van der Waals surface area contributed by atoms with Gasteiger partial charge in [-0.25, -0.2) is 9.78 Å². The largest absolute Gasteiger partial charge is 0.427 e. The van der Waals surface area contributed by atoms with Crippen molar-refractivity contribution in [1.82, 2.24) is 14.9 Å². The Balaban J connectivity index is 1.97. The Labute approximate surface area is 141 Å². The summed E-state index contributed by atoms with van der Waals surface area (Å²) in [6, 6.07) is 1.81. The molecule has 6 heteroatoms. The van der Waals surface area contributed by atoms with Gasteiger partial charge in [0.05, 0.1) is 6.33 Å². The maximum atomic E-state index is 12.3. The topological polar surface area (TPSA) is 77.1 Å². The lowest BCUT2D eigenvalue weighted by Crippen LogP contribution is -2.31. The van der Waals surface area contributed by atoms with Crippen molar-refractivity contribution in [3.63, 3.8) is 0 Å². The van der Waals surface area contributed by atoms with Gasteiger partial charge in [-0.3, -0.25) is 4.79 Å². The van der Waals surface area contributed by atoms with Crippen molar-refractivity contribution in [2.45, 2.75) is 52.5 Å². The molecule has 0 saturated heterocycles. The molecule has 1 N–H and O–H groups in total. The van der Waals surface area contributed by atoms with Crippen molar-refractivity contribution >= 4 is 5.91 Å². The summed E-state index contributed by atoms with van der Waals surface area (Å²) in [5, 5.41) is 2.78. The molecule has 2 heterocycles. The van der Waals surface area contributed by atoms with Crippen molar-refractivity contribution in [2.75, 3.05) is 6.54 Å². The quantitative estimate of drug-likeness (QED) is 0.755. The lowest BCUT2D eigenvalue weighted by molar-refractivity contribution is 0.0947. The molecule has 130 valence electrons. The molecule has 0 spiro atoms. The molecule has 0 aliphatic rings. The molecular formula is C18H25N3O3. The highest BCUT2D eigenvalue weighted by Crippen LogP contribution is 2.21. The molecule has 0 aliphatic carbocycles. The summed E-state index contributed by atoms with van der Waals surface area (Å²) in [7, 11) is 0. The predicted octanol–water partition coefficient (Wildman–Crippen LogP) is 2.87.